The summed E-state index contributed by atoms with van der Waals surface area (Å²) >= 11 is 1.47. The second-order valence-electron chi connectivity index (χ2n) is 5.06. The fourth-order valence-corrected chi connectivity index (χ4v) is 3.99. The summed E-state index contributed by atoms with van der Waals surface area (Å²) < 4.78 is 9.76. The Morgan fingerprint density at radius 2 is 2.14 bits per heavy atom. The standard InChI is InChI=1S/C15H21NO4S/c1-4-9-6-7-10-11(8-9)21-13(16-15(18)19-3)12(10)14(17)20-5-2/h9H,4-8H2,1-3H3,(H,16,18). The van der Waals surface area contributed by atoms with Crippen molar-refractivity contribution in [3.05, 3.63) is 16.0 Å². The van der Waals surface area contributed by atoms with E-state index in [1.165, 1.54) is 23.3 Å². The monoisotopic (exact) mass is 311 g/mol. The molecule has 1 heterocycles. The van der Waals surface area contributed by atoms with E-state index in [9.17, 15) is 9.59 Å². The number of fused-ring (bicyclic) bond motifs is 1. The second-order valence-corrected chi connectivity index (χ2v) is 6.17. The maximum atomic E-state index is 12.2. The lowest BCUT2D eigenvalue weighted by Crippen LogP contribution is -2.17. The lowest BCUT2D eigenvalue weighted by molar-refractivity contribution is 0.0526. The largest absolute Gasteiger partial charge is 0.462 e. The molecule has 1 amide bonds. The number of methoxy groups -OCH3 is 1. The van der Waals surface area contributed by atoms with Crippen LogP contribution in [0.5, 0.6) is 0 Å². The first-order valence-electron chi connectivity index (χ1n) is 7.27. The Kier molecular flexibility index (Phi) is 5.22. The minimum atomic E-state index is -0.564. The number of rotatable bonds is 4. The average molecular weight is 311 g/mol. The Morgan fingerprint density at radius 3 is 2.76 bits per heavy atom. The van der Waals surface area contributed by atoms with Gasteiger partial charge in [0.25, 0.3) is 0 Å². The van der Waals surface area contributed by atoms with Crippen molar-refractivity contribution in [2.24, 2.45) is 5.92 Å². The molecule has 1 aliphatic rings. The Hall–Kier alpha value is -1.56. The van der Waals surface area contributed by atoms with Gasteiger partial charge < -0.3 is 9.47 Å². The van der Waals surface area contributed by atoms with Crippen LogP contribution in [0.15, 0.2) is 0 Å². The zero-order valence-corrected chi connectivity index (χ0v) is 13.5. The molecule has 1 aromatic heterocycles. The van der Waals surface area contributed by atoms with Crippen LogP contribution >= 0.6 is 11.3 Å². The van der Waals surface area contributed by atoms with Crippen molar-refractivity contribution in [3.8, 4) is 0 Å². The topological polar surface area (TPSA) is 64.6 Å². The zero-order chi connectivity index (χ0) is 15.4. The van der Waals surface area contributed by atoms with Gasteiger partial charge in [0, 0.05) is 4.88 Å². The molecule has 116 valence electrons. The van der Waals surface area contributed by atoms with E-state index in [1.54, 1.807) is 6.92 Å². The van der Waals surface area contributed by atoms with E-state index < -0.39 is 6.09 Å². The lowest BCUT2D eigenvalue weighted by atomic mass is 9.86. The Bertz CT molecular complexity index is 538. The summed E-state index contributed by atoms with van der Waals surface area (Å²) in [6, 6.07) is 0. The van der Waals surface area contributed by atoms with Crippen LogP contribution < -0.4 is 5.32 Å². The highest BCUT2D eigenvalue weighted by Crippen LogP contribution is 2.40. The molecule has 0 bridgehead atoms. The van der Waals surface area contributed by atoms with Gasteiger partial charge in [-0.05, 0) is 37.7 Å². The number of nitrogens with one attached hydrogen (secondary N) is 1. The average Bonchev–Trinajstić information content (AvgIpc) is 2.83. The molecule has 0 saturated heterocycles. The fraction of sp³-hybridized carbons (Fsp3) is 0.600. The van der Waals surface area contributed by atoms with E-state index in [4.69, 9.17) is 4.74 Å². The molecule has 5 nitrogen and oxygen atoms in total. The molecule has 21 heavy (non-hydrogen) atoms. The van der Waals surface area contributed by atoms with Crippen LogP contribution in [0.4, 0.5) is 9.80 Å². The van der Waals surface area contributed by atoms with Crippen LogP contribution in [0.2, 0.25) is 0 Å². The van der Waals surface area contributed by atoms with Crippen LogP contribution in [0.25, 0.3) is 0 Å². The second kappa shape index (κ2) is 6.93. The van der Waals surface area contributed by atoms with Gasteiger partial charge in [0.05, 0.1) is 19.3 Å². The number of hydrogen-bond acceptors (Lipinski definition) is 5. The van der Waals surface area contributed by atoms with Crippen molar-refractivity contribution in [3.63, 3.8) is 0 Å². The van der Waals surface area contributed by atoms with Gasteiger partial charge in [-0.25, -0.2) is 9.59 Å². The van der Waals surface area contributed by atoms with Crippen LogP contribution in [-0.4, -0.2) is 25.8 Å². The molecular weight excluding hydrogens is 290 g/mol. The molecule has 1 aliphatic carbocycles. The van der Waals surface area contributed by atoms with Crippen LogP contribution in [0, 0.1) is 5.92 Å². The molecule has 0 aliphatic heterocycles. The van der Waals surface area contributed by atoms with Gasteiger partial charge in [0.1, 0.15) is 5.00 Å². The fourth-order valence-electron chi connectivity index (χ4n) is 2.65. The normalized spacial score (nSPS) is 17.0. The van der Waals surface area contributed by atoms with E-state index in [0.29, 0.717) is 23.1 Å². The van der Waals surface area contributed by atoms with Gasteiger partial charge >= 0.3 is 12.1 Å². The van der Waals surface area contributed by atoms with Gasteiger partial charge in [0.2, 0.25) is 0 Å². The van der Waals surface area contributed by atoms with E-state index >= 15 is 0 Å². The third-order valence-electron chi connectivity index (χ3n) is 3.83. The molecule has 1 aromatic rings. The molecule has 1 N–H and O–H groups in total. The smallest absolute Gasteiger partial charge is 0.411 e. The van der Waals surface area contributed by atoms with Gasteiger partial charge in [-0.1, -0.05) is 13.3 Å². The van der Waals surface area contributed by atoms with E-state index in [1.807, 2.05) is 0 Å². The number of esters is 1. The minimum absolute atomic E-state index is 0.318. The minimum Gasteiger partial charge on any atom is -0.462 e. The first-order chi connectivity index (χ1) is 10.1. The lowest BCUT2D eigenvalue weighted by Gasteiger charge is -2.20. The number of anilines is 1. The molecule has 0 spiro atoms. The van der Waals surface area contributed by atoms with E-state index in [-0.39, 0.29) is 5.97 Å². The molecule has 0 fully saturated rings. The highest BCUT2D eigenvalue weighted by Gasteiger charge is 2.29. The molecule has 0 radical (unpaired) electrons. The SMILES string of the molecule is CCOC(=O)c1c(NC(=O)OC)sc2c1CCC(CC)C2. The molecule has 2 rings (SSSR count). The quantitative estimate of drug-likeness (QED) is 0.863. The summed E-state index contributed by atoms with van der Waals surface area (Å²) in [6.45, 7) is 4.28. The van der Waals surface area contributed by atoms with E-state index in [0.717, 1.165) is 31.2 Å². The summed E-state index contributed by atoms with van der Waals surface area (Å²) in [5.74, 6) is 0.286. The summed E-state index contributed by atoms with van der Waals surface area (Å²) in [4.78, 5) is 24.9. The summed E-state index contributed by atoms with van der Waals surface area (Å²) in [6.07, 6.45) is 3.47. The molecule has 6 heteroatoms. The van der Waals surface area contributed by atoms with E-state index in [2.05, 4.69) is 17.0 Å². The van der Waals surface area contributed by atoms with Gasteiger partial charge in [-0.2, -0.15) is 0 Å². The third kappa shape index (κ3) is 3.37. The first-order valence-corrected chi connectivity index (χ1v) is 8.08. The molecule has 0 aromatic carbocycles. The Labute approximate surface area is 128 Å². The van der Waals surface area contributed by atoms with Crippen molar-refractivity contribution in [2.75, 3.05) is 19.0 Å². The number of carbonyl (C=O) groups excluding carboxylic acids is 2. The first kappa shape index (κ1) is 15.8. The predicted octanol–water partition coefficient (Wildman–Crippen LogP) is 3.62. The summed E-state index contributed by atoms with van der Waals surface area (Å²) in [5, 5.41) is 3.19. The van der Waals surface area contributed by atoms with Gasteiger partial charge in [0.15, 0.2) is 0 Å². The molecular formula is C15H21NO4S. The van der Waals surface area contributed by atoms with Crippen LogP contribution in [0.3, 0.4) is 0 Å². The Morgan fingerprint density at radius 1 is 1.38 bits per heavy atom. The highest BCUT2D eigenvalue weighted by molar-refractivity contribution is 7.17. The van der Waals surface area contributed by atoms with Crippen LogP contribution in [-0.2, 0) is 22.3 Å². The summed E-state index contributed by atoms with van der Waals surface area (Å²) in [7, 11) is 1.31. The van der Waals surface area contributed by atoms with Crippen molar-refractivity contribution in [1.82, 2.24) is 0 Å². The third-order valence-corrected chi connectivity index (χ3v) is 5.00. The van der Waals surface area contributed by atoms with Crippen molar-refractivity contribution in [1.29, 1.82) is 0 Å². The Balaban J connectivity index is 2.37. The maximum absolute atomic E-state index is 12.2. The number of amides is 1. The molecule has 1 atom stereocenters. The van der Waals surface area contributed by atoms with Crippen molar-refractivity contribution >= 4 is 28.4 Å². The maximum Gasteiger partial charge on any atom is 0.411 e. The number of hydrogen-bond donors (Lipinski definition) is 1. The molecule has 1 unspecified atom stereocenters. The van der Waals surface area contributed by atoms with Crippen molar-refractivity contribution < 1.29 is 19.1 Å². The molecule has 0 saturated carbocycles. The number of carbonyl (C=O) groups is 2. The van der Waals surface area contributed by atoms with Gasteiger partial charge in [-0.3, -0.25) is 5.32 Å². The number of ether oxygens (including phenoxy) is 2. The van der Waals surface area contributed by atoms with Gasteiger partial charge in [-0.15, -0.1) is 11.3 Å². The number of thiophene rings is 1. The zero-order valence-electron chi connectivity index (χ0n) is 12.7. The van der Waals surface area contributed by atoms with Crippen LogP contribution in [0.1, 0.15) is 47.5 Å². The summed E-state index contributed by atoms with van der Waals surface area (Å²) in [5.41, 5.74) is 1.55. The predicted molar refractivity (Wildman–Crippen MR) is 82.1 cm³/mol. The van der Waals surface area contributed by atoms with Crippen molar-refractivity contribution in [2.45, 2.75) is 39.5 Å². The highest BCUT2D eigenvalue weighted by atomic mass is 32.1.